The molecule has 0 fully saturated rings. The summed E-state index contributed by atoms with van der Waals surface area (Å²) in [5, 5.41) is 2.77. The zero-order valence-corrected chi connectivity index (χ0v) is 18.8. The molecule has 0 bridgehead atoms. The van der Waals surface area contributed by atoms with Crippen LogP contribution in [0.1, 0.15) is 20.8 Å². The third kappa shape index (κ3) is 4.53. The van der Waals surface area contributed by atoms with Gasteiger partial charge in [0.2, 0.25) is 5.91 Å². The first-order valence-electron chi connectivity index (χ1n) is 10.2. The van der Waals surface area contributed by atoms with Gasteiger partial charge in [0, 0.05) is 34.1 Å². The summed E-state index contributed by atoms with van der Waals surface area (Å²) in [7, 11) is 2.99. The van der Waals surface area contributed by atoms with Crippen molar-refractivity contribution in [1.29, 1.82) is 0 Å². The number of rotatable bonds is 8. The van der Waals surface area contributed by atoms with Crippen molar-refractivity contribution < 1.29 is 19.1 Å². The molecule has 0 aliphatic carbocycles. The Balaban J connectivity index is 1.65. The van der Waals surface area contributed by atoms with E-state index in [1.807, 2.05) is 75.5 Å². The van der Waals surface area contributed by atoms with Crippen molar-refractivity contribution >= 4 is 34.1 Å². The normalized spacial score (nSPS) is 10.8. The molecule has 2 aromatic carbocycles. The maximum atomic E-state index is 13.5. The number of para-hydroxylation sites is 2. The smallest absolute Gasteiger partial charge is 0.340 e. The van der Waals surface area contributed by atoms with E-state index < -0.39 is 5.97 Å². The van der Waals surface area contributed by atoms with Gasteiger partial charge in [-0.3, -0.25) is 4.79 Å². The van der Waals surface area contributed by atoms with Crippen molar-refractivity contribution in [3.8, 4) is 5.75 Å². The zero-order chi connectivity index (χ0) is 22.5. The quantitative estimate of drug-likeness (QED) is 0.366. The van der Waals surface area contributed by atoms with Gasteiger partial charge in [-0.1, -0.05) is 42.5 Å². The van der Waals surface area contributed by atoms with Crippen LogP contribution >= 0.6 is 11.3 Å². The van der Waals surface area contributed by atoms with Crippen molar-refractivity contribution in [2.75, 3.05) is 14.2 Å². The fraction of sp³-hybridized carbons (Fsp3) is 0.200. The Kier molecular flexibility index (Phi) is 6.56. The van der Waals surface area contributed by atoms with Crippen LogP contribution in [0.25, 0.3) is 10.9 Å². The van der Waals surface area contributed by atoms with Crippen LogP contribution in [-0.2, 0) is 29.2 Å². The lowest BCUT2D eigenvalue weighted by atomic mass is 10.2. The summed E-state index contributed by atoms with van der Waals surface area (Å²) in [5.74, 6) is 0.272. The van der Waals surface area contributed by atoms with Crippen molar-refractivity contribution in [1.82, 2.24) is 9.47 Å². The van der Waals surface area contributed by atoms with Crippen LogP contribution in [0.2, 0.25) is 0 Å². The standard InChI is InChI=1S/C25H24N2O4S/c1-30-23-12-6-3-8-18(23)14-27(15-19-9-7-13-32-19)24(28)17-26-16-21(25(29)31-2)20-10-4-5-11-22(20)26/h3-13,16H,14-15,17H2,1-2H3. The average molecular weight is 449 g/mol. The van der Waals surface area contributed by atoms with Gasteiger partial charge in [-0.25, -0.2) is 4.79 Å². The van der Waals surface area contributed by atoms with E-state index in [0.717, 1.165) is 27.1 Å². The number of carbonyl (C=O) groups is 2. The van der Waals surface area contributed by atoms with Gasteiger partial charge in [0.25, 0.3) is 0 Å². The third-order valence-electron chi connectivity index (χ3n) is 5.33. The van der Waals surface area contributed by atoms with Crippen molar-refractivity contribution in [3.05, 3.63) is 88.2 Å². The molecular weight excluding hydrogens is 424 g/mol. The summed E-state index contributed by atoms with van der Waals surface area (Å²) in [6.07, 6.45) is 1.70. The molecule has 0 spiro atoms. The number of hydrogen-bond acceptors (Lipinski definition) is 5. The van der Waals surface area contributed by atoms with Crippen LogP contribution in [0.15, 0.2) is 72.2 Å². The minimum absolute atomic E-state index is 0.0542. The van der Waals surface area contributed by atoms with Gasteiger partial charge in [-0.2, -0.15) is 0 Å². The zero-order valence-electron chi connectivity index (χ0n) is 18.0. The molecule has 4 aromatic rings. The number of hydrogen-bond donors (Lipinski definition) is 0. The van der Waals surface area contributed by atoms with Gasteiger partial charge in [0.1, 0.15) is 12.3 Å². The SMILES string of the molecule is COC(=O)c1cn(CC(=O)N(Cc2cccs2)Cc2ccccc2OC)c2ccccc12. The second-order valence-electron chi connectivity index (χ2n) is 7.32. The summed E-state index contributed by atoms with van der Waals surface area (Å²) < 4.78 is 12.2. The highest BCUT2D eigenvalue weighted by atomic mass is 32.1. The van der Waals surface area contributed by atoms with E-state index in [1.54, 1.807) is 24.6 Å². The lowest BCUT2D eigenvalue weighted by molar-refractivity contribution is -0.133. The molecule has 0 saturated heterocycles. The van der Waals surface area contributed by atoms with E-state index in [-0.39, 0.29) is 12.5 Å². The molecule has 4 rings (SSSR count). The lowest BCUT2D eigenvalue weighted by Crippen LogP contribution is -2.32. The highest BCUT2D eigenvalue weighted by molar-refractivity contribution is 7.09. The van der Waals surface area contributed by atoms with Crippen LogP contribution in [0.5, 0.6) is 5.75 Å². The summed E-state index contributed by atoms with van der Waals surface area (Å²) in [5.41, 5.74) is 2.20. The third-order valence-corrected chi connectivity index (χ3v) is 6.19. The number of ether oxygens (including phenoxy) is 2. The molecule has 164 valence electrons. The molecule has 0 aliphatic rings. The molecule has 0 unspecified atom stereocenters. The maximum Gasteiger partial charge on any atom is 0.340 e. The molecule has 1 amide bonds. The number of methoxy groups -OCH3 is 2. The number of esters is 1. The molecule has 0 radical (unpaired) electrons. The first-order valence-corrected chi connectivity index (χ1v) is 11.1. The Morgan fingerprint density at radius 1 is 0.969 bits per heavy atom. The fourth-order valence-corrected chi connectivity index (χ4v) is 4.48. The Bertz CT molecular complexity index is 1230. The summed E-state index contributed by atoms with van der Waals surface area (Å²) in [4.78, 5) is 28.6. The minimum Gasteiger partial charge on any atom is -0.496 e. The number of amides is 1. The van der Waals surface area contributed by atoms with Crippen LogP contribution < -0.4 is 4.74 Å². The number of aromatic nitrogens is 1. The molecule has 0 atom stereocenters. The largest absolute Gasteiger partial charge is 0.496 e. The Morgan fingerprint density at radius 2 is 1.75 bits per heavy atom. The van der Waals surface area contributed by atoms with Crippen LogP contribution in [-0.4, -0.2) is 35.6 Å². The first kappa shape index (κ1) is 21.6. The Morgan fingerprint density at radius 3 is 2.50 bits per heavy atom. The molecule has 2 aromatic heterocycles. The summed E-state index contributed by atoms with van der Waals surface area (Å²) in [6.45, 7) is 1.03. The second kappa shape index (κ2) is 9.70. The molecule has 32 heavy (non-hydrogen) atoms. The van der Waals surface area contributed by atoms with E-state index >= 15 is 0 Å². The van der Waals surface area contributed by atoms with Crippen molar-refractivity contribution in [2.45, 2.75) is 19.6 Å². The van der Waals surface area contributed by atoms with Crippen molar-refractivity contribution in [3.63, 3.8) is 0 Å². The summed E-state index contributed by atoms with van der Waals surface area (Å²) >= 11 is 1.62. The van der Waals surface area contributed by atoms with E-state index in [0.29, 0.717) is 18.7 Å². The Labute approximate surface area is 190 Å². The van der Waals surface area contributed by atoms with Crippen molar-refractivity contribution in [2.24, 2.45) is 0 Å². The van der Waals surface area contributed by atoms with Crippen LogP contribution in [0.3, 0.4) is 0 Å². The highest BCUT2D eigenvalue weighted by Crippen LogP contribution is 2.24. The van der Waals surface area contributed by atoms with Crippen LogP contribution in [0, 0.1) is 0 Å². The molecular formula is C25H24N2O4S. The molecule has 2 heterocycles. The number of thiophene rings is 1. The Hall–Kier alpha value is -3.58. The fourth-order valence-electron chi connectivity index (χ4n) is 3.76. The predicted octanol–water partition coefficient (Wildman–Crippen LogP) is 4.73. The monoisotopic (exact) mass is 448 g/mol. The van der Waals surface area contributed by atoms with Gasteiger partial charge in [0.15, 0.2) is 0 Å². The predicted molar refractivity (Wildman–Crippen MR) is 125 cm³/mol. The maximum absolute atomic E-state index is 13.5. The van der Waals surface area contributed by atoms with E-state index in [2.05, 4.69) is 0 Å². The number of fused-ring (bicyclic) bond motifs is 1. The molecule has 7 heteroatoms. The van der Waals surface area contributed by atoms with Gasteiger partial charge in [0.05, 0.1) is 26.3 Å². The number of carbonyl (C=O) groups excluding carboxylic acids is 2. The highest BCUT2D eigenvalue weighted by Gasteiger charge is 2.21. The topological polar surface area (TPSA) is 60.8 Å². The minimum atomic E-state index is -0.420. The molecule has 6 nitrogen and oxygen atoms in total. The van der Waals surface area contributed by atoms with Gasteiger partial charge in [-0.05, 0) is 23.6 Å². The average Bonchev–Trinajstić information content (AvgIpc) is 3.46. The van der Waals surface area contributed by atoms with E-state index in [4.69, 9.17) is 9.47 Å². The van der Waals surface area contributed by atoms with E-state index in [9.17, 15) is 9.59 Å². The molecule has 0 aliphatic heterocycles. The van der Waals surface area contributed by atoms with Gasteiger partial charge < -0.3 is 18.9 Å². The first-order chi connectivity index (χ1) is 15.6. The molecule has 0 N–H and O–H groups in total. The van der Waals surface area contributed by atoms with Crippen LogP contribution in [0.4, 0.5) is 0 Å². The van der Waals surface area contributed by atoms with Gasteiger partial charge in [-0.15, -0.1) is 11.3 Å². The van der Waals surface area contributed by atoms with E-state index in [1.165, 1.54) is 7.11 Å². The number of benzene rings is 2. The second-order valence-corrected chi connectivity index (χ2v) is 8.35. The van der Waals surface area contributed by atoms with Gasteiger partial charge >= 0.3 is 5.97 Å². The lowest BCUT2D eigenvalue weighted by Gasteiger charge is -2.24. The number of nitrogens with zero attached hydrogens (tertiary/aromatic N) is 2. The molecule has 0 saturated carbocycles. The summed E-state index contributed by atoms with van der Waals surface area (Å²) in [6, 6.07) is 19.2.